The molecule has 2 aromatic rings. The Bertz CT molecular complexity index is 753. The van der Waals surface area contributed by atoms with Crippen molar-refractivity contribution in [3.63, 3.8) is 0 Å². The molecule has 0 unspecified atom stereocenters. The van der Waals surface area contributed by atoms with Crippen LogP contribution in [0.25, 0.3) is 0 Å². The first-order valence-electron chi connectivity index (χ1n) is 6.31. The topological polar surface area (TPSA) is 105 Å². The van der Waals surface area contributed by atoms with Gasteiger partial charge in [-0.15, -0.1) is 0 Å². The van der Waals surface area contributed by atoms with Crippen molar-refractivity contribution in [3.8, 4) is 0 Å². The molecule has 23 heavy (non-hydrogen) atoms. The van der Waals surface area contributed by atoms with Crippen molar-refractivity contribution in [2.24, 2.45) is 7.05 Å². The van der Waals surface area contributed by atoms with Crippen molar-refractivity contribution in [2.45, 2.75) is 0 Å². The van der Waals surface area contributed by atoms with Gasteiger partial charge in [0.1, 0.15) is 5.69 Å². The Kier molecular flexibility index (Phi) is 5.61. The average molecular weight is 448 g/mol. The summed E-state index contributed by atoms with van der Waals surface area (Å²) in [6.45, 7) is -0.311. The van der Waals surface area contributed by atoms with Crippen LogP contribution in [0.5, 0.6) is 0 Å². The van der Waals surface area contributed by atoms with Crippen LogP contribution in [0.4, 0.5) is 0 Å². The van der Waals surface area contributed by atoms with Gasteiger partial charge in [0.05, 0.1) is 6.54 Å². The first kappa shape index (κ1) is 17.3. The van der Waals surface area contributed by atoms with Gasteiger partial charge in [0.25, 0.3) is 17.7 Å². The molecule has 0 fully saturated rings. The monoisotopic (exact) mass is 446 g/mol. The summed E-state index contributed by atoms with van der Waals surface area (Å²) in [5, 5.41) is 2.36. The van der Waals surface area contributed by atoms with Gasteiger partial charge in [0.15, 0.2) is 10.4 Å². The first-order valence-corrected chi connectivity index (χ1v) is 7.90. The molecule has 3 amide bonds. The second-order valence-electron chi connectivity index (χ2n) is 4.44. The summed E-state index contributed by atoms with van der Waals surface area (Å²) in [4.78, 5) is 35.2. The minimum Gasteiger partial charge on any atom is -0.444 e. The lowest BCUT2D eigenvalue weighted by Crippen LogP contribution is -2.46. The number of hydrazine groups is 1. The number of hydrogen-bond donors (Lipinski definition) is 3. The first-order chi connectivity index (χ1) is 10.9. The van der Waals surface area contributed by atoms with Gasteiger partial charge >= 0.3 is 0 Å². The van der Waals surface area contributed by atoms with Crippen molar-refractivity contribution in [3.05, 3.63) is 45.0 Å². The predicted molar refractivity (Wildman–Crippen MR) is 87.5 cm³/mol. The number of carbonyl (C=O) groups excluding carboxylic acids is 3. The molecular formula is C13H12Br2N4O4. The van der Waals surface area contributed by atoms with E-state index in [-0.39, 0.29) is 12.3 Å². The van der Waals surface area contributed by atoms with E-state index in [1.807, 2.05) is 0 Å². The molecule has 0 bridgehead atoms. The molecule has 0 spiro atoms. The maximum Gasteiger partial charge on any atom is 0.287 e. The van der Waals surface area contributed by atoms with E-state index in [1.54, 1.807) is 29.9 Å². The lowest BCUT2D eigenvalue weighted by Gasteiger charge is -2.08. The minimum absolute atomic E-state index is 0.0716. The highest BCUT2D eigenvalue weighted by molar-refractivity contribution is 9.10. The van der Waals surface area contributed by atoms with Crippen LogP contribution in [-0.2, 0) is 11.8 Å². The minimum atomic E-state index is -0.578. The zero-order valence-electron chi connectivity index (χ0n) is 11.9. The standard InChI is InChI=1S/C13H12Br2N4O4/c1-19-6-7(14)4-8(19)12(21)18-17-11(20)5-16-13(22)9-2-3-10(15)23-9/h2-4,6H,5H2,1H3,(H,16,22)(H,17,20)(H,18,21). The van der Waals surface area contributed by atoms with Gasteiger partial charge in [0, 0.05) is 17.7 Å². The van der Waals surface area contributed by atoms with Gasteiger partial charge in [0.2, 0.25) is 0 Å². The number of nitrogens with zero attached hydrogens (tertiary/aromatic N) is 1. The number of carbonyl (C=O) groups is 3. The maximum atomic E-state index is 11.9. The lowest BCUT2D eigenvalue weighted by atomic mass is 10.4. The number of aryl methyl sites for hydroxylation is 1. The van der Waals surface area contributed by atoms with E-state index in [9.17, 15) is 14.4 Å². The molecule has 0 atom stereocenters. The Morgan fingerprint density at radius 3 is 2.48 bits per heavy atom. The molecule has 2 rings (SSSR count). The van der Waals surface area contributed by atoms with E-state index in [2.05, 4.69) is 48.0 Å². The van der Waals surface area contributed by atoms with Gasteiger partial charge in [-0.3, -0.25) is 25.2 Å². The summed E-state index contributed by atoms with van der Waals surface area (Å²) < 4.78 is 7.80. The highest BCUT2D eigenvalue weighted by Gasteiger charge is 2.14. The van der Waals surface area contributed by atoms with Gasteiger partial charge in [-0.1, -0.05) is 0 Å². The molecular weight excluding hydrogens is 436 g/mol. The van der Waals surface area contributed by atoms with Gasteiger partial charge in [-0.05, 0) is 50.1 Å². The summed E-state index contributed by atoms with van der Waals surface area (Å²) in [5.41, 5.74) is 4.83. The lowest BCUT2D eigenvalue weighted by molar-refractivity contribution is -0.120. The Balaban J connectivity index is 1.78. The van der Waals surface area contributed by atoms with E-state index in [0.29, 0.717) is 10.4 Å². The fraction of sp³-hybridized carbons (Fsp3) is 0.154. The molecule has 0 saturated heterocycles. The molecule has 3 N–H and O–H groups in total. The normalized spacial score (nSPS) is 10.2. The Hall–Kier alpha value is -2.07. The quantitative estimate of drug-likeness (QED) is 0.615. The van der Waals surface area contributed by atoms with E-state index in [1.165, 1.54) is 6.07 Å². The van der Waals surface area contributed by atoms with Crippen LogP contribution in [-0.4, -0.2) is 28.8 Å². The molecule has 0 aliphatic rings. The van der Waals surface area contributed by atoms with Crippen LogP contribution in [0, 0.1) is 0 Å². The number of aromatic nitrogens is 1. The van der Waals surface area contributed by atoms with Gasteiger partial charge in [-0.25, -0.2) is 0 Å². The van der Waals surface area contributed by atoms with Crippen molar-refractivity contribution in [2.75, 3.05) is 6.54 Å². The molecule has 2 aromatic heterocycles. The molecule has 8 nitrogen and oxygen atoms in total. The van der Waals surface area contributed by atoms with Crippen molar-refractivity contribution in [1.29, 1.82) is 0 Å². The fourth-order valence-corrected chi connectivity index (χ4v) is 2.50. The number of rotatable bonds is 4. The maximum absolute atomic E-state index is 11.9. The third-order valence-corrected chi connectivity index (χ3v) is 3.59. The molecule has 0 aliphatic heterocycles. The number of nitrogens with one attached hydrogen (secondary N) is 3. The fourth-order valence-electron chi connectivity index (χ4n) is 1.67. The second-order valence-corrected chi connectivity index (χ2v) is 6.14. The SMILES string of the molecule is Cn1cc(Br)cc1C(=O)NNC(=O)CNC(=O)c1ccc(Br)o1. The van der Waals surface area contributed by atoms with Crippen LogP contribution < -0.4 is 16.2 Å². The molecule has 0 aliphatic carbocycles. The van der Waals surface area contributed by atoms with Gasteiger partial charge in [-0.2, -0.15) is 0 Å². The average Bonchev–Trinajstić information content (AvgIpc) is 3.07. The molecule has 0 aromatic carbocycles. The third-order valence-electron chi connectivity index (χ3n) is 2.73. The number of furan rings is 1. The van der Waals surface area contributed by atoms with Crippen molar-refractivity contribution < 1.29 is 18.8 Å². The van der Waals surface area contributed by atoms with E-state index in [0.717, 1.165) is 4.47 Å². The molecule has 2 heterocycles. The smallest absolute Gasteiger partial charge is 0.287 e. The zero-order chi connectivity index (χ0) is 17.0. The molecule has 10 heteroatoms. The molecule has 0 saturated carbocycles. The van der Waals surface area contributed by atoms with E-state index < -0.39 is 17.7 Å². The molecule has 122 valence electrons. The zero-order valence-corrected chi connectivity index (χ0v) is 15.0. The van der Waals surface area contributed by atoms with E-state index >= 15 is 0 Å². The van der Waals surface area contributed by atoms with Crippen molar-refractivity contribution >= 4 is 49.6 Å². The van der Waals surface area contributed by atoms with Crippen LogP contribution in [0.2, 0.25) is 0 Å². The van der Waals surface area contributed by atoms with Crippen LogP contribution >= 0.6 is 31.9 Å². The third kappa shape index (κ3) is 4.70. The number of amides is 3. The van der Waals surface area contributed by atoms with E-state index in [4.69, 9.17) is 4.42 Å². The highest BCUT2D eigenvalue weighted by atomic mass is 79.9. The Morgan fingerprint density at radius 1 is 1.17 bits per heavy atom. The highest BCUT2D eigenvalue weighted by Crippen LogP contribution is 2.14. The van der Waals surface area contributed by atoms with Crippen LogP contribution in [0.15, 0.2) is 38.0 Å². The summed E-state index contributed by atoms with van der Waals surface area (Å²) in [6, 6.07) is 4.64. The predicted octanol–water partition coefficient (Wildman–Crippen LogP) is 1.33. The summed E-state index contributed by atoms with van der Waals surface area (Å²) >= 11 is 6.32. The van der Waals surface area contributed by atoms with Crippen LogP contribution in [0.3, 0.4) is 0 Å². The Labute approximate surface area is 147 Å². The van der Waals surface area contributed by atoms with Gasteiger partial charge < -0.3 is 14.3 Å². The summed E-state index contributed by atoms with van der Waals surface area (Å²) in [7, 11) is 1.70. The van der Waals surface area contributed by atoms with Crippen LogP contribution in [0.1, 0.15) is 21.0 Å². The molecule has 0 radical (unpaired) electrons. The Morgan fingerprint density at radius 2 is 1.91 bits per heavy atom. The largest absolute Gasteiger partial charge is 0.444 e. The second kappa shape index (κ2) is 7.47. The summed E-state index contributed by atoms with van der Waals surface area (Å²) in [6.07, 6.45) is 1.71. The summed E-state index contributed by atoms with van der Waals surface area (Å²) in [5.74, 6) is -1.52. The number of halogens is 2. The van der Waals surface area contributed by atoms with Crippen molar-refractivity contribution in [1.82, 2.24) is 20.7 Å². The number of hydrogen-bond acceptors (Lipinski definition) is 4.